The second kappa shape index (κ2) is 8.97. The van der Waals surface area contributed by atoms with Crippen molar-refractivity contribution in [1.82, 2.24) is 13.5 Å². The largest absolute Gasteiger partial charge is 0.335 e. The Morgan fingerprint density at radius 1 is 1.11 bits per heavy atom. The van der Waals surface area contributed by atoms with Gasteiger partial charge in [-0.15, -0.1) is 11.3 Å². The van der Waals surface area contributed by atoms with Gasteiger partial charge in [0.1, 0.15) is 9.77 Å². The van der Waals surface area contributed by atoms with Crippen LogP contribution >= 0.6 is 11.3 Å². The van der Waals surface area contributed by atoms with Crippen molar-refractivity contribution >= 4 is 37.5 Å². The highest BCUT2D eigenvalue weighted by Gasteiger charge is 2.34. The van der Waals surface area contributed by atoms with Gasteiger partial charge in [-0.05, 0) is 24.3 Å². The maximum atomic E-state index is 12.8. The molecule has 12 heteroatoms. The topological polar surface area (TPSA) is 121 Å². The zero-order valence-electron chi connectivity index (χ0n) is 15.5. The maximum Gasteiger partial charge on any atom is 0.282 e. The number of amides is 1. The normalized spacial score (nSPS) is 16.8. The first-order chi connectivity index (χ1) is 12.6. The molecule has 0 atom stereocenters. The standard InChI is InChI=1S/C15H26N4O5S3/c1-3-6-18(7-4-2)27(23,24)19-10-8-17(9-11-19)15(20)14-13(5-12-25-14)26(16,21)22/h5,12H,3-4,6-11H2,1-2H3,(H2,16,21,22). The van der Waals surface area contributed by atoms with Crippen LogP contribution in [0.4, 0.5) is 0 Å². The van der Waals surface area contributed by atoms with Crippen LogP contribution in [-0.2, 0) is 20.2 Å². The summed E-state index contributed by atoms with van der Waals surface area (Å²) in [5.74, 6) is -0.440. The van der Waals surface area contributed by atoms with Gasteiger partial charge in [0.25, 0.3) is 16.1 Å². The summed E-state index contributed by atoms with van der Waals surface area (Å²) in [4.78, 5) is 14.0. The molecule has 27 heavy (non-hydrogen) atoms. The van der Waals surface area contributed by atoms with Crippen LogP contribution in [0.2, 0.25) is 0 Å². The summed E-state index contributed by atoms with van der Waals surface area (Å²) in [7, 11) is -7.55. The van der Waals surface area contributed by atoms with Crippen molar-refractivity contribution in [3.05, 3.63) is 16.3 Å². The fourth-order valence-corrected chi connectivity index (χ4v) is 6.66. The number of primary sulfonamides is 1. The molecule has 0 radical (unpaired) electrons. The molecule has 0 aromatic carbocycles. The lowest BCUT2D eigenvalue weighted by atomic mass is 10.3. The van der Waals surface area contributed by atoms with Crippen LogP contribution in [0.1, 0.15) is 36.4 Å². The molecule has 1 aromatic heterocycles. The van der Waals surface area contributed by atoms with E-state index in [2.05, 4.69) is 0 Å². The Balaban J connectivity index is 2.09. The van der Waals surface area contributed by atoms with Crippen LogP contribution < -0.4 is 5.14 Å². The Kier molecular flexibility index (Phi) is 7.39. The van der Waals surface area contributed by atoms with Crippen molar-refractivity contribution in [1.29, 1.82) is 0 Å². The lowest BCUT2D eigenvalue weighted by molar-refractivity contribution is 0.0695. The predicted molar refractivity (Wildman–Crippen MR) is 104 cm³/mol. The Bertz CT molecular complexity index is 852. The Hall–Kier alpha value is -1.05. The van der Waals surface area contributed by atoms with E-state index >= 15 is 0 Å². The third-order valence-corrected chi connectivity index (χ3v) is 8.27. The van der Waals surface area contributed by atoms with Gasteiger partial charge in [-0.25, -0.2) is 13.6 Å². The quantitative estimate of drug-likeness (QED) is 0.634. The van der Waals surface area contributed by atoms with Crippen molar-refractivity contribution < 1.29 is 21.6 Å². The van der Waals surface area contributed by atoms with Crippen molar-refractivity contribution in [3.63, 3.8) is 0 Å². The Labute approximate surface area is 165 Å². The van der Waals surface area contributed by atoms with Crippen molar-refractivity contribution in [3.8, 4) is 0 Å². The summed E-state index contributed by atoms with van der Waals surface area (Å²) in [6.07, 6.45) is 1.46. The molecule has 154 valence electrons. The molecule has 1 aliphatic heterocycles. The highest BCUT2D eigenvalue weighted by Crippen LogP contribution is 2.24. The van der Waals surface area contributed by atoms with Crippen LogP contribution in [-0.4, -0.2) is 75.5 Å². The molecule has 9 nitrogen and oxygen atoms in total. The zero-order valence-corrected chi connectivity index (χ0v) is 17.9. The van der Waals surface area contributed by atoms with Gasteiger partial charge in [-0.1, -0.05) is 13.8 Å². The number of nitrogens with two attached hydrogens (primary N) is 1. The van der Waals surface area contributed by atoms with E-state index in [1.54, 1.807) is 0 Å². The summed E-state index contributed by atoms with van der Waals surface area (Å²) >= 11 is 1.01. The van der Waals surface area contributed by atoms with Gasteiger partial charge in [0, 0.05) is 39.3 Å². The monoisotopic (exact) mass is 438 g/mol. The van der Waals surface area contributed by atoms with Gasteiger partial charge in [0.05, 0.1) is 0 Å². The second-order valence-electron chi connectivity index (χ2n) is 6.26. The third kappa shape index (κ3) is 5.06. The van der Waals surface area contributed by atoms with Crippen molar-refractivity contribution in [2.75, 3.05) is 39.3 Å². The van der Waals surface area contributed by atoms with Gasteiger partial charge >= 0.3 is 0 Å². The van der Waals surface area contributed by atoms with Crippen LogP contribution in [0, 0.1) is 0 Å². The average molecular weight is 439 g/mol. The zero-order chi connectivity index (χ0) is 20.2. The van der Waals surface area contributed by atoms with Crippen molar-refractivity contribution in [2.24, 2.45) is 5.14 Å². The van der Waals surface area contributed by atoms with E-state index in [0.717, 1.165) is 24.2 Å². The number of sulfonamides is 1. The highest BCUT2D eigenvalue weighted by molar-refractivity contribution is 7.89. The molecule has 0 bridgehead atoms. The highest BCUT2D eigenvalue weighted by atomic mass is 32.2. The van der Waals surface area contributed by atoms with Gasteiger partial charge < -0.3 is 4.90 Å². The van der Waals surface area contributed by atoms with Gasteiger partial charge in [0.15, 0.2) is 0 Å². The summed E-state index contributed by atoms with van der Waals surface area (Å²) in [6, 6.07) is 1.31. The number of nitrogens with zero attached hydrogens (tertiary/aromatic N) is 3. The summed E-state index contributed by atoms with van der Waals surface area (Å²) in [5, 5.41) is 6.65. The van der Waals surface area contributed by atoms with E-state index in [1.165, 1.54) is 25.0 Å². The van der Waals surface area contributed by atoms with E-state index in [0.29, 0.717) is 13.1 Å². The molecule has 2 N–H and O–H groups in total. The second-order valence-corrected chi connectivity index (χ2v) is 10.6. The molecule has 1 fully saturated rings. The molecule has 1 aromatic rings. The SMILES string of the molecule is CCCN(CCC)S(=O)(=O)N1CCN(C(=O)c2sccc2S(N)(=O)=O)CC1. The third-order valence-electron chi connectivity index (χ3n) is 4.25. The molecule has 1 aliphatic rings. The average Bonchev–Trinajstić information content (AvgIpc) is 3.11. The summed E-state index contributed by atoms with van der Waals surface area (Å²) in [5.41, 5.74) is 0. The number of carbonyl (C=O) groups is 1. The van der Waals surface area contributed by atoms with E-state index in [-0.39, 0.29) is 36.0 Å². The fraction of sp³-hybridized carbons (Fsp3) is 0.667. The maximum absolute atomic E-state index is 12.8. The van der Waals surface area contributed by atoms with E-state index in [4.69, 9.17) is 5.14 Å². The molecule has 0 spiro atoms. The minimum Gasteiger partial charge on any atom is -0.335 e. The van der Waals surface area contributed by atoms with Crippen molar-refractivity contribution in [2.45, 2.75) is 31.6 Å². The first-order valence-corrected chi connectivity index (χ1v) is 12.6. The number of hydrogen-bond donors (Lipinski definition) is 1. The predicted octanol–water partition coefficient (Wildman–Crippen LogP) is 0.520. The molecular weight excluding hydrogens is 412 g/mol. The first-order valence-electron chi connectivity index (χ1n) is 8.77. The lowest BCUT2D eigenvalue weighted by Gasteiger charge is -2.36. The number of carbonyl (C=O) groups excluding carboxylic acids is 1. The smallest absolute Gasteiger partial charge is 0.282 e. The van der Waals surface area contributed by atoms with E-state index in [9.17, 15) is 21.6 Å². The van der Waals surface area contributed by atoms with Gasteiger partial charge in [-0.3, -0.25) is 4.79 Å². The van der Waals surface area contributed by atoms with Crippen LogP contribution in [0.25, 0.3) is 0 Å². The number of hydrogen-bond acceptors (Lipinski definition) is 6. The van der Waals surface area contributed by atoms with Crippen LogP contribution in [0.15, 0.2) is 16.3 Å². The lowest BCUT2D eigenvalue weighted by Crippen LogP contribution is -2.54. The minimum absolute atomic E-state index is 0.0624. The molecule has 1 amide bonds. The molecule has 0 aliphatic carbocycles. The van der Waals surface area contributed by atoms with Crippen LogP contribution in [0.5, 0.6) is 0 Å². The minimum atomic E-state index is -3.98. The molecule has 2 heterocycles. The van der Waals surface area contributed by atoms with E-state index < -0.39 is 26.1 Å². The number of thiophene rings is 1. The Morgan fingerprint density at radius 2 is 1.67 bits per heavy atom. The fourth-order valence-electron chi connectivity index (χ4n) is 2.95. The molecule has 1 saturated heterocycles. The molecule has 2 rings (SSSR count). The van der Waals surface area contributed by atoms with Gasteiger partial charge in [-0.2, -0.15) is 17.0 Å². The molecule has 0 unspecified atom stereocenters. The molecular formula is C15H26N4O5S3. The summed E-state index contributed by atoms with van der Waals surface area (Å²) in [6.45, 7) is 5.53. The summed E-state index contributed by atoms with van der Waals surface area (Å²) < 4.78 is 51.7. The van der Waals surface area contributed by atoms with E-state index in [1.807, 2.05) is 13.8 Å². The molecule has 0 saturated carbocycles. The number of rotatable bonds is 8. The van der Waals surface area contributed by atoms with Gasteiger partial charge in [0.2, 0.25) is 10.0 Å². The first kappa shape index (κ1) is 22.2. The Morgan fingerprint density at radius 3 is 2.15 bits per heavy atom. The number of piperazine rings is 1. The van der Waals surface area contributed by atoms with Crippen LogP contribution in [0.3, 0.4) is 0 Å².